The molecule has 0 radical (unpaired) electrons. The summed E-state index contributed by atoms with van der Waals surface area (Å²) in [5.74, 6) is -0.0135. The molecule has 1 aromatic carbocycles. The standard InChI is InChI=1S/C14H22N2O2/c1-5-18-9-8-14(17)15-12-6-7-13(16(3)4)11(2)10-12/h6-7,10H,5,8-9H2,1-4H3,(H,15,17). The molecule has 0 saturated heterocycles. The Labute approximate surface area is 109 Å². The predicted octanol–water partition coefficient (Wildman–Crippen LogP) is 2.43. The lowest BCUT2D eigenvalue weighted by Crippen LogP contribution is -2.15. The zero-order valence-electron chi connectivity index (χ0n) is 11.6. The van der Waals surface area contributed by atoms with Gasteiger partial charge >= 0.3 is 0 Å². The van der Waals surface area contributed by atoms with E-state index in [9.17, 15) is 4.79 Å². The second-order valence-electron chi connectivity index (χ2n) is 4.39. The van der Waals surface area contributed by atoms with Crippen molar-refractivity contribution in [1.82, 2.24) is 0 Å². The predicted molar refractivity (Wildman–Crippen MR) is 75.2 cm³/mol. The van der Waals surface area contributed by atoms with Crippen molar-refractivity contribution in [2.45, 2.75) is 20.3 Å². The Morgan fingerprint density at radius 1 is 1.39 bits per heavy atom. The number of aryl methyl sites for hydroxylation is 1. The van der Waals surface area contributed by atoms with Crippen molar-refractivity contribution in [3.8, 4) is 0 Å². The largest absolute Gasteiger partial charge is 0.381 e. The third-order valence-corrected chi connectivity index (χ3v) is 2.64. The van der Waals surface area contributed by atoms with E-state index in [2.05, 4.69) is 10.2 Å². The molecular weight excluding hydrogens is 228 g/mol. The molecule has 0 bridgehead atoms. The summed E-state index contributed by atoms with van der Waals surface area (Å²) >= 11 is 0. The van der Waals surface area contributed by atoms with E-state index < -0.39 is 0 Å². The Kier molecular flexibility index (Phi) is 5.65. The number of carbonyl (C=O) groups is 1. The van der Waals surface area contributed by atoms with Gasteiger partial charge in [-0.15, -0.1) is 0 Å². The van der Waals surface area contributed by atoms with Gasteiger partial charge in [-0.25, -0.2) is 0 Å². The Hall–Kier alpha value is -1.55. The lowest BCUT2D eigenvalue weighted by Gasteiger charge is -2.16. The van der Waals surface area contributed by atoms with Gasteiger partial charge in [-0.3, -0.25) is 4.79 Å². The van der Waals surface area contributed by atoms with Gasteiger partial charge in [0.1, 0.15) is 0 Å². The zero-order valence-corrected chi connectivity index (χ0v) is 11.6. The number of rotatable bonds is 6. The number of carbonyl (C=O) groups excluding carboxylic acids is 1. The molecule has 0 spiro atoms. The van der Waals surface area contributed by atoms with Gasteiger partial charge in [0, 0.05) is 32.1 Å². The highest BCUT2D eigenvalue weighted by Crippen LogP contribution is 2.21. The van der Waals surface area contributed by atoms with Gasteiger partial charge in [0.2, 0.25) is 5.91 Å². The smallest absolute Gasteiger partial charge is 0.226 e. The van der Waals surface area contributed by atoms with Crippen LogP contribution >= 0.6 is 0 Å². The minimum absolute atomic E-state index is 0.0135. The minimum Gasteiger partial charge on any atom is -0.381 e. The van der Waals surface area contributed by atoms with Crippen molar-refractivity contribution >= 4 is 17.3 Å². The minimum atomic E-state index is -0.0135. The van der Waals surface area contributed by atoms with E-state index >= 15 is 0 Å². The summed E-state index contributed by atoms with van der Waals surface area (Å²) in [7, 11) is 4.01. The average molecular weight is 250 g/mol. The molecule has 0 saturated carbocycles. The summed E-state index contributed by atoms with van der Waals surface area (Å²) < 4.78 is 5.15. The molecule has 0 aliphatic heterocycles. The first-order chi connectivity index (χ1) is 8.54. The van der Waals surface area contributed by atoms with Crippen molar-refractivity contribution < 1.29 is 9.53 Å². The molecule has 1 amide bonds. The molecule has 0 fully saturated rings. The first-order valence-electron chi connectivity index (χ1n) is 6.20. The highest BCUT2D eigenvalue weighted by Gasteiger charge is 2.05. The molecule has 0 unspecified atom stereocenters. The number of anilines is 2. The highest BCUT2D eigenvalue weighted by atomic mass is 16.5. The Morgan fingerprint density at radius 2 is 2.11 bits per heavy atom. The normalized spacial score (nSPS) is 10.2. The van der Waals surface area contributed by atoms with Crippen molar-refractivity contribution in [2.24, 2.45) is 0 Å². The summed E-state index contributed by atoms with van der Waals surface area (Å²) in [6.07, 6.45) is 0.391. The van der Waals surface area contributed by atoms with E-state index in [1.807, 2.05) is 46.1 Å². The number of nitrogens with zero attached hydrogens (tertiary/aromatic N) is 1. The van der Waals surface area contributed by atoms with Crippen molar-refractivity contribution in [3.63, 3.8) is 0 Å². The average Bonchev–Trinajstić information content (AvgIpc) is 2.28. The number of nitrogens with one attached hydrogen (secondary N) is 1. The summed E-state index contributed by atoms with van der Waals surface area (Å²) in [5, 5.41) is 2.87. The summed E-state index contributed by atoms with van der Waals surface area (Å²) in [6, 6.07) is 5.91. The lowest BCUT2D eigenvalue weighted by atomic mass is 10.1. The number of hydrogen-bond donors (Lipinski definition) is 1. The van der Waals surface area contributed by atoms with Crippen LogP contribution in [0.1, 0.15) is 18.9 Å². The van der Waals surface area contributed by atoms with Crippen molar-refractivity contribution in [1.29, 1.82) is 0 Å². The second-order valence-corrected chi connectivity index (χ2v) is 4.39. The zero-order chi connectivity index (χ0) is 13.5. The summed E-state index contributed by atoms with van der Waals surface area (Å²) in [4.78, 5) is 13.7. The molecule has 4 heteroatoms. The highest BCUT2D eigenvalue weighted by molar-refractivity contribution is 5.91. The van der Waals surface area contributed by atoms with Crippen LogP contribution in [-0.4, -0.2) is 33.2 Å². The van der Waals surface area contributed by atoms with E-state index in [1.54, 1.807) is 0 Å². The third-order valence-electron chi connectivity index (χ3n) is 2.64. The van der Waals surface area contributed by atoms with Gasteiger partial charge in [-0.2, -0.15) is 0 Å². The molecule has 100 valence electrons. The van der Waals surface area contributed by atoms with E-state index in [1.165, 1.54) is 0 Å². The maximum atomic E-state index is 11.6. The quantitative estimate of drug-likeness (QED) is 0.788. The first kappa shape index (κ1) is 14.5. The van der Waals surface area contributed by atoms with Crippen molar-refractivity contribution in [2.75, 3.05) is 37.5 Å². The van der Waals surface area contributed by atoms with E-state index in [-0.39, 0.29) is 5.91 Å². The molecule has 1 aromatic rings. The van der Waals surface area contributed by atoms with Crippen LogP contribution in [0.5, 0.6) is 0 Å². The van der Waals surface area contributed by atoms with E-state index in [4.69, 9.17) is 4.74 Å². The monoisotopic (exact) mass is 250 g/mol. The van der Waals surface area contributed by atoms with Gasteiger partial charge in [0.25, 0.3) is 0 Å². The molecule has 0 heterocycles. The molecule has 0 aliphatic carbocycles. The summed E-state index contributed by atoms with van der Waals surface area (Å²) in [6.45, 7) is 5.06. The molecular formula is C14H22N2O2. The fraction of sp³-hybridized carbons (Fsp3) is 0.500. The van der Waals surface area contributed by atoms with Crippen LogP contribution in [0.4, 0.5) is 11.4 Å². The van der Waals surface area contributed by atoms with Gasteiger partial charge in [0.05, 0.1) is 13.0 Å². The van der Waals surface area contributed by atoms with Gasteiger partial charge in [-0.1, -0.05) is 0 Å². The van der Waals surface area contributed by atoms with E-state index in [0.717, 1.165) is 16.9 Å². The Morgan fingerprint density at radius 3 is 2.67 bits per heavy atom. The van der Waals surface area contributed by atoms with Crippen LogP contribution < -0.4 is 10.2 Å². The van der Waals surface area contributed by atoms with Crippen LogP contribution in [0.2, 0.25) is 0 Å². The third kappa shape index (κ3) is 4.37. The first-order valence-corrected chi connectivity index (χ1v) is 6.20. The topological polar surface area (TPSA) is 41.6 Å². The van der Waals surface area contributed by atoms with Crippen molar-refractivity contribution in [3.05, 3.63) is 23.8 Å². The van der Waals surface area contributed by atoms with Gasteiger partial charge < -0.3 is 15.0 Å². The molecule has 0 aromatic heterocycles. The van der Waals surface area contributed by atoms with Gasteiger partial charge in [0.15, 0.2) is 0 Å². The van der Waals surface area contributed by atoms with Crippen LogP contribution in [0.15, 0.2) is 18.2 Å². The fourth-order valence-corrected chi connectivity index (χ4v) is 1.77. The number of benzene rings is 1. The summed E-state index contributed by atoms with van der Waals surface area (Å²) in [5.41, 5.74) is 3.13. The molecule has 0 atom stereocenters. The van der Waals surface area contributed by atoms with Crippen LogP contribution in [0.3, 0.4) is 0 Å². The maximum absolute atomic E-state index is 11.6. The van der Waals surface area contributed by atoms with E-state index in [0.29, 0.717) is 19.6 Å². The van der Waals surface area contributed by atoms with Crippen LogP contribution in [-0.2, 0) is 9.53 Å². The lowest BCUT2D eigenvalue weighted by molar-refractivity contribution is -0.117. The number of hydrogen-bond acceptors (Lipinski definition) is 3. The number of ether oxygens (including phenoxy) is 1. The molecule has 1 N–H and O–H groups in total. The second kappa shape index (κ2) is 7.01. The van der Waals surface area contributed by atoms with Crippen LogP contribution in [0, 0.1) is 6.92 Å². The molecule has 1 rings (SSSR count). The number of amides is 1. The fourth-order valence-electron chi connectivity index (χ4n) is 1.77. The maximum Gasteiger partial charge on any atom is 0.226 e. The molecule has 4 nitrogen and oxygen atoms in total. The molecule has 18 heavy (non-hydrogen) atoms. The van der Waals surface area contributed by atoms with Crippen LogP contribution in [0.25, 0.3) is 0 Å². The SMILES string of the molecule is CCOCCC(=O)Nc1ccc(N(C)C)c(C)c1. The van der Waals surface area contributed by atoms with Gasteiger partial charge in [-0.05, 0) is 37.6 Å². The molecule has 0 aliphatic rings. The Bertz CT molecular complexity index is 403. The Balaban J connectivity index is 2.58.